The Morgan fingerprint density at radius 3 is 2.60 bits per heavy atom. The molecule has 2 aromatic carbocycles. The van der Waals surface area contributed by atoms with Crippen molar-refractivity contribution in [3.8, 4) is 0 Å². The average Bonchev–Trinajstić information content (AvgIpc) is 2.76. The van der Waals surface area contributed by atoms with Gasteiger partial charge in [-0.3, -0.25) is 4.79 Å². The van der Waals surface area contributed by atoms with Gasteiger partial charge in [0, 0.05) is 37.5 Å². The largest absolute Gasteiger partial charge is 0.355 e. The maximum absolute atomic E-state index is 12.2. The van der Waals surface area contributed by atoms with Crippen molar-refractivity contribution in [2.45, 2.75) is 30.8 Å². The van der Waals surface area contributed by atoms with Gasteiger partial charge >= 0.3 is 0 Å². The van der Waals surface area contributed by atoms with Crippen LogP contribution in [0.2, 0.25) is 5.15 Å². The summed E-state index contributed by atoms with van der Waals surface area (Å²) in [6.07, 6.45) is 0.911. The molecule has 1 N–H and O–H groups in total. The van der Waals surface area contributed by atoms with Crippen LogP contribution in [0.3, 0.4) is 0 Å². The third kappa shape index (κ3) is 6.47. The molecule has 156 valence electrons. The van der Waals surface area contributed by atoms with Gasteiger partial charge in [0.2, 0.25) is 0 Å². The number of carbonyl (C=O) groups excluding carboxylic acids is 1. The number of halogens is 1. The number of rotatable bonds is 9. The van der Waals surface area contributed by atoms with E-state index in [0.717, 1.165) is 24.3 Å². The Morgan fingerprint density at radius 1 is 1.07 bits per heavy atom. The lowest BCUT2D eigenvalue weighted by Gasteiger charge is -2.19. The Kier molecular flexibility index (Phi) is 8.11. The Hall–Kier alpha value is -2.57. The normalized spacial score (nSPS) is 10.6. The highest BCUT2D eigenvalue weighted by molar-refractivity contribution is 7.98. The predicted molar refractivity (Wildman–Crippen MR) is 124 cm³/mol. The molecule has 0 aliphatic carbocycles. The predicted octanol–water partition coefficient (Wildman–Crippen LogP) is 5.20. The molecule has 0 aliphatic heterocycles. The highest BCUT2D eigenvalue weighted by Gasteiger charge is 2.10. The quantitative estimate of drug-likeness (QED) is 0.281. The van der Waals surface area contributed by atoms with E-state index in [1.54, 1.807) is 6.07 Å². The van der Waals surface area contributed by atoms with Crippen LogP contribution in [0.5, 0.6) is 0 Å². The summed E-state index contributed by atoms with van der Waals surface area (Å²) in [6, 6.07) is 19.6. The van der Waals surface area contributed by atoms with Gasteiger partial charge in [-0.25, -0.2) is 9.97 Å². The molecule has 3 rings (SSSR count). The molecule has 5 nitrogen and oxygen atoms in total. The fraction of sp³-hybridized carbons (Fsp3) is 0.261. The standard InChI is InChI=1S/C23H25ClN4OS/c1-3-12-25-22(29)19-11-7-10-18(13-19)16-30-23-26-20(24)14-21(27-23)28(2)15-17-8-5-4-6-9-17/h4-11,13-14H,3,12,15-16H2,1-2H3,(H,25,29). The summed E-state index contributed by atoms with van der Waals surface area (Å²) in [5.74, 6) is 1.37. The Labute approximate surface area is 186 Å². The van der Waals surface area contributed by atoms with Gasteiger partial charge in [-0.05, 0) is 29.7 Å². The summed E-state index contributed by atoms with van der Waals surface area (Å²) in [5, 5.41) is 3.93. The Bertz CT molecular complexity index is 984. The fourth-order valence-corrected chi connectivity index (χ4v) is 3.90. The average molecular weight is 441 g/mol. The van der Waals surface area contributed by atoms with E-state index in [1.807, 2.05) is 61.3 Å². The number of hydrogen-bond donors (Lipinski definition) is 1. The highest BCUT2D eigenvalue weighted by Crippen LogP contribution is 2.25. The van der Waals surface area contributed by atoms with Gasteiger partial charge in [0.25, 0.3) is 5.91 Å². The fourth-order valence-electron chi connectivity index (χ4n) is 2.87. The second-order valence-electron chi connectivity index (χ2n) is 6.92. The molecule has 0 aliphatic rings. The zero-order chi connectivity index (χ0) is 21.3. The number of hydrogen-bond acceptors (Lipinski definition) is 5. The number of benzene rings is 2. The summed E-state index contributed by atoms with van der Waals surface area (Å²) < 4.78 is 0. The molecule has 1 amide bonds. The minimum atomic E-state index is -0.0486. The number of amides is 1. The number of aromatic nitrogens is 2. The van der Waals surface area contributed by atoms with Crippen LogP contribution in [-0.4, -0.2) is 29.5 Å². The minimum Gasteiger partial charge on any atom is -0.355 e. The van der Waals surface area contributed by atoms with Crippen LogP contribution in [-0.2, 0) is 12.3 Å². The molecule has 3 aromatic rings. The van der Waals surface area contributed by atoms with Gasteiger partial charge in [0.1, 0.15) is 11.0 Å². The van der Waals surface area contributed by atoms with Gasteiger partial charge in [-0.15, -0.1) is 0 Å². The monoisotopic (exact) mass is 440 g/mol. The van der Waals surface area contributed by atoms with E-state index in [0.29, 0.717) is 28.2 Å². The summed E-state index contributed by atoms with van der Waals surface area (Å²) in [7, 11) is 1.98. The molecule has 0 spiro atoms. The van der Waals surface area contributed by atoms with Crippen molar-refractivity contribution in [2.24, 2.45) is 0 Å². The first-order valence-corrected chi connectivity index (χ1v) is 11.2. The highest BCUT2D eigenvalue weighted by atomic mass is 35.5. The number of anilines is 1. The lowest BCUT2D eigenvalue weighted by atomic mass is 10.1. The second-order valence-corrected chi connectivity index (χ2v) is 8.25. The van der Waals surface area contributed by atoms with Gasteiger partial charge < -0.3 is 10.2 Å². The topological polar surface area (TPSA) is 58.1 Å². The molecule has 0 unspecified atom stereocenters. The first-order valence-electron chi connectivity index (χ1n) is 9.84. The summed E-state index contributed by atoms with van der Waals surface area (Å²) in [5.41, 5.74) is 2.89. The molecule has 7 heteroatoms. The van der Waals surface area contributed by atoms with Crippen LogP contribution < -0.4 is 10.2 Å². The molecule has 0 saturated carbocycles. The molecule has 0 bridgehead atoms. The molecule has 1 aromatic heterocycles. The maximum Gasteiger partial charge on any atom is 0.251 e. The van der Waals surface area contributed by atoms with Crippen molar-refractivity contribution in [3.63, 3.8) is 0 Å². The zero-order valence-corrected chi connectivity index (χ0v) is 18.7. The van der Waals surface area contributed by atoms with Crippen LogP contribution in [0, 0.1) is 0 Å². The van der Waals surface area contributed by atoms with Gasteiger partial charge in [-0.1, -0.05) is 72.8 Å². The van der Waals surface area contributed by atoms with Crippen molar-refractivity contribution in [3.05, 3.63) is 82.5 Å². The van der Waals surface area contributed by atoms with E-state index >= 15 is 0 Å². The molecule has 0 fully saturated rings. The van der Waals surface area contributed by atoms with Crippen LogP contribution in [0.15, 0.2) is 65.8 Å². The Balaban J connectivity index is 1.66. The SMILES string of the molecule is CCCNC(=O)c1cccc(CSc2nc(Cl)cc(N(C)Cc3ccccc3)n2)c1. The van der Waals surface area contributed by atoms with Crippen molar-refractivity contribution in [2.75, 3.05) is 18.5 Å². The summed E-state index contributed by atoms with van der Waals surface area (Å²) in [4.78, 5) is 23.2. The molecular formula is C23H25ClN4OS. The van der Waals surface area contributed by atoms with Crippen molar-refractivity contribution < 1.29 is 4.79 Å². The third-order valence-corrected chi connectivity index (χ3v) is 5.52. The van der Waals surface area contributed by atoms with Crippen molar-refractivity contribution in [1.29, 1.82) is 0 Å². The minimum absolute atomic E-state index is 0.0486. The van der Waals surface area contributed by atoms with Gasteiger partial charge in [-0.2, -0.15) is 0 Å². The van der Waals surface area contributed by atoms with Crippen LogP contribution in [0.1, 0.15) is 34.8 Å². The number of carbonyl (C=O) groups is 1. The zero-order valence-electron chi connectivity index (χ0n) is 17.1. The Morgan fingerprint density at radius 2 is 1.83 bits per heavy atom. The first-order chi connectivity index (χ1) is 14.5. The molecule has 0 saturated heterocycles. The molecule has 30 heavy (non-hydrogen) atoms. The van der Waals surface area contributed by atoms with Gasteiger partial charge in [0.15, 0.2) is 5.16 Å². The second kappa shape index (κ2) is 11.0. The number of nitrogens with one attached hydrogen (secondary N) is 1. The van der Waals surface area contributed by atoms with Crippen LogP contribution >= 0.6 is 23.4 Å². The number of nitrogens with zero attached hydrogens (tertiary/aromatic N) is 3. The first kappa shape index (κ1) is 22.1. The lowest BCUT2D eigenvalue weighted by molar-refractivity contribution is 0.0953. The maximum atomic E-state index is 12.2. The lowest BCUT2D eigenvalue weighted by Crippen LogP contribution is -2.23. The summed E-state index contributed by atoms with van der Waals surface area (Å²) in [6.45, 7) is 3.44. The van der Waals surface area contributed by atoms with E-state index in [9.17, 15) is 4.79 Å². The van der Waals surface area contributed by atoms with E-state index in [2.05, 4.69) is 27.4 Å². The van der Waals surface area contributed by atoms with E-state index in [1.165, 1.54) is 17.3 Å². The molecule has 1 heterocycles. The van der Waals surface area contributed by atoms with E-state index < -0.39 is 0 Å². The summed E-state index contributed by atoms with van der Waals surface area (Å²) >= 11 is 7.75. The third-order valence-electron chi connectivity index (χ3n) is 4.41. The van der Waals surface area contributed by atoms with Gasteiger partial charge in [0.05, 0.1) is 0 Å². The van der Waals surface area contributed by atoms with E-state index in [-0.39, 0.29) is 5.91 Å². The molecule has 0 radical (unpaired) electrons. The number of thioether (sulfide) groups is 1. The molecule has 0 atom stereocenters. The van der Waals surface area contributed by atoms with Crippen LogP contribution in [0.4, 0.5) is 5.82 Å². The van der Waals surface area contributed by atoms with Crippen molar-refractivity contribution >= 4 is 35.1 Å². The smallest absolute Gasteiger partial charge is 0.251 e. The van der Waals surface area contributed by atoms with E-state index in [4.69, 9.17) is 11.6 Å². The molecular weight excluding hydrogens is 416 g/mol. The van der Waals surface area contributed by atoms with Crippen molar-refractivity contribution in [1.82, 2.24) is 15.3 Å². The van der Waals surface area contributed by atoms with Crippen LogP contribution in [0.25, 0.3) is 0 Å².